The summed E-state index contributed by atoms with van der Waals surface area (Å²) < 4.78 is 6.98. The summed E-state index contributed by atoms with van der Waals surface area (Å²) in [5, 5.41) is 14.5. The molecule has 25 heavy (non-hydrogen) atoms. The van der Waals surface area contributed by atoms with E-state index in [1.165, 1.54) is 5.56 Å². The van der Waals surface area contributed by atoms with Crippen LogP contribution in [0.4, 0.5) is 5.82 Å². The van der Waals surface area contributed by atoms with Crippen LogP contribution in [0.15, 0.2) is 36.8 Å². The Morgan fingerprint density at radius 3 is 2.84 bits per heavy atom. The Bertz CT molecular complexity index is 862. The number of aromatic nitrogens is 4. The van der Waals surface area contributed by atoms with Gasteiger partial charge >= 0.3 is 0 Å². The standard InChI is InChI=1S/C18H21N5O2/c1-25-14-6-4-13(5-7-14)16-3-2-8-22(16)17-15-11-21-23(9-10-24)18(15)20-12-19-17/h4-7,11-12,16,24H,2-3,8-10H2,1H3/t16-/m1/s1. The SMILES string of the molecule is COc1ccc([C@H]2CCCN2c2ncnc3c2cnn3CCO)cc1. The minimum absolute atomic E-state index is 0.0360. The molecular weight excluding hydrogens is 318 g/mol. The first-order valence-electron chi connectivity index (χ1n) is 8.50. The van der Waals surface area contributed by atoms with Crippen molar-refractivity contribution in [2.24, 2.45) is 0 Å². The van der Waals surface area contributed by atoms with E-state index in [4.69, 9.17) is 4.74 Å². The fraction of sp³-hybridized carbons (Fsp3) is 0.389. The first-order chi connectivity index (χ1) is 12.3. The molecule has 130 valence electrons. The summed E-state index contributed by atoms with van der Waals surface area (Å²) in [6.45, 7) is 1.42. The number of rotatable bonds is 5. The zero-order valence-electron chi connectivity index (χ0n) is 14.2. The molecule has 3 aromatic rings. The molecule has 0 saturated carbocycles. The lowest BCUT2D eigenvalue weighted by molar-refractivity contribution is 0.271. The lowest BCUT2D eigenvalue weighted by Gasteiger charge is -2.26. The second-order valence-electron chi connectivity index (χ2n) is 6.15. The van der Waals surface area contributed by atoms with Gasteiger partial charge in [0.05, 0.1) is 37.9 Å². The lowest BCUT2D eigenvalue weighted by atomic mass is 10.0. The third kappa shape index (κ3) is 2.80. The molecule has 7 nitrogen and oxygen atoms in total. The average molecular weight is 339 g/mol. The molecule has 0 spiro atoms. The molecule has 1 fully saturated rings. The smallest absolute Gasteiger partial charge is 0.163 e. The maximum absolute atomic E-state index is 9.19. The minimum Gasteiger partial charge on any atom is -0.497 e. The molecule has 3 heterocycles. The van der Waals surface area contributed by atoms with E-state index in [0.29, 0.717) is 6.54 Å². The van der Waals surface area contributed by atoms with Crippen LogP contribution < -0.4 is 9.64 Å². The molecule has 2 aromatic heterocycles. The number of anilines is 1. The van der Waals surface area contributed by atoms with Gasteiger partial charge in [-0.2, -0.15) is 5.10 Å². The number of benzene rings is 1. The monoisotopic (exact) mass is 339 g/mol. The first-order valence-corrected chi connectivity index (χ1v) is 8.50. The zero-order chi connectivity index (χ0) is 17.2. The van der Waals surface area contributed by atoms with E-state index < -0.39 is 0 Å². The topological polar surface area (TPSA) is 76.3 Å². The quantitative estimate of drug-likeness (QED) is 0.768. The maximum Gasteiger partial charge on any atom is 0.163 e. The van der Waals surface area contributed by atoms with Gasteiger partial charge in [-0.15, -0.1) is 0 Å². The van der Waals surface area contributed by atoms with Gasteiger partial charge < -0.3 is 14.7 Å². The van der Waals surface area contributed by atoms with Gasteiger partial charge in [0, 0.05) is 6.54 Å². The van der Waals surface area contributed by atoms with Gasteiger partial charge in [-0.25, -0.2) is 14.6 Å². The van der Waals surface area contributed by atoms with E-state index in [2.05, 4.69) is 32.1 Å². The second-order valence-corrected chi connectivity index (χ2v) is 6.15. The Balaban J connectivity index is 1.71. The summed E-state index contributed by atoms with van der Waals surface area (Å²) in [6, 6.07) is 8.52. The minimum atomic E-state index is 0.0360. The molecule has 1 aromatic carbocycles. The molecule has 0 unspecified atom stereocenters. The van der Waals surface area contributed by atoms with Crippen molar-refractivity contribution in [1.29, 1.82) is 0 Å². The first kappa shape index (κ1) is 15.8. The van der Waals surface area contributed by atoms with E-state index in [0.717, 1.165) is 42.0 Å². The van der Waals surface area contributed by atoms with Crippen LogP contribution in [0.25, 0.3) is 11.0 Å². The molecular formula is C18H21N5O2. The molecule has 0 bridgehead atoms. The van der Waals surface area contributed by atoms with Crippen LogP contribution in [0.3, 0.4) is 0 Å². The van der Waals surface area contributed by atoms with Crippen LogP contribution in [0.2, 0.25) is 0 Å². The van der Waals surface area contributed by atoms with E-state index >= 15 is 0 Å². The number of aliphatic hydroxyl groups excluding tert-OH is 1. The van der Waals surface area contributed by atoms with Crippen LogP contribution in [0.5, 0.6) is 5.75 Å². The fourth-order valence-electron chi connectivity index (χ4n) is 3.56. The van der Waals surface area contributed by atoms with Crippen LogP contribution in [0, 0.1) is 0 Å². The van der Waals surface area contributed by atoms with Crippen LogP contribution >= 0.6 is 0 Å². The largest absolute Gasteiger partial charge is 0.497 e. The predicted octanol–water partition coefficient (Wildman–Crippen LogP) is 2.17. The molecule has 1 aliphatic rings. The predicted molar refractivity (Wildman–Crippen MR) is 94.7 cm³/mol. The van der Waals surface area contributed by atoms with Crippen molar-refractivity contribution in [3.8, 4) is 5.75 Å². The molecule has 4 rings (SSSR count). The van der Waals surface area contributed by atoms with Gasteiger partial charge in [0.1, 0.15) is 17.9 Å². The molecule has 0 aliphatic carbocycles. The summed E-state index contributed by atoms with van der Waals surface area (Å²) >= 11 is 0. The summed E-state index contributed by atoms with van der Waals surface area (Å²) in [5.74, 6) is 1.77. The highest BCUT2D eigenvalue weighted by atomic mass is 16.5. The van der Waals surface area contributed by atoms with Gasteiger partial charge in [-0.1, -0.05) is 12.1 Å². The number of hydrogen-bond acceptors (Lipinski definition) is 6. The number of methoxy groups -OCH3 is 1. The maximum atomic E-state index is 9.19. The number of aliphatic hydroxyl groups is 1. The van der Waals surface area contributed by atoms with Gasteiger partial charge in [0.25, 0.3) is 0 Å². The van der Waals surface area contributed by atoms with Crippen molar-refractivity contribution in [2.75, 3.05) is 25.2 Å². The van der Waals surface area contributed by atoms with Crippen molar-refractivity contribution >= 4 is 16.9 Å². The van der Waals surface area contributed by atoms with E-state index in [-0.39, 0.29) is 12.6 Å². The summed E-state index contributed by atoms with van der Waals surface area (Å²) in [5.41, 5.74) is 2.02. The molecule has 0 amide bonds. The normalized spacial score (nSPS) is 17.4. The fourth-order valence-corrected chi connectivity index (χ4v) is 3.56. The van der Waals surface area contributed by atoms with Gasteiger partial charge in [-0.05, 0) is 30.5 Å². The molecule has 1 aliphatic heterocycles. The third-order valence-corrected chi connectivity index (χ3v) is 4.75. The summed E-state index contributed by atoms with van der Waals surface area (Å²) in [7, 11) is 1.68. The van der Waals surface area contributed by atoms with Crippen LogP contribution in [0.1, 0.15) is 24.4 Å². The highest BCUT2D eigenvalue weighted by Gasteiger charge is 2.29. The lowest BCUT2D eigenvalue weighted by Crippen LogP contribution is -2.23. The summed E-state index contributed by atoms with van der Waals surface area (Å²) in [6.07, 6.45) is 5.58. The Morgan fingerprint density at radius 2 is 2.08 bits per heavy atom. The molecule has 1 saturated heterocycles. The third-order valence-electron chi connectivity index (χ3n) is 4.75. The number of nitrogens with zero attached hydrogens (tertiary/aromatic N) is 5. The Morgan fingerprint density at radius 1 is 1.24 bits per heavy atom. The number of fused-ring (bicyclic) bond motifs is 1. The second kappa shape index (κ2) is 6.68. The van der Waals surface area contributed by atoms with Gasteiger partial charge in [-0.3, -0.25) is 0 Å². The van der Waals surface area contributed by atoms with Gasteiger partial charge in [0.15, 0.2) is 5.65 Å². The van der Waals surface area contributed by atoms with Crippen molar-refractivity contribution in [3.05, 3.63) is 42.4 Å². The van der Waals surface area contributed by atoms with Gasteiger partial charge in [0.2, 0.25) is 0 Å². The number of hydrogen-bond donors (Lipinski definition) is 1. The van der Waals surface area contributed by atoms with Crippen molar-refractivity contribution in [2.45, 2.75) is 25.4 Å². The highest BCUT2D eigenvalue weighted by molar-refractivity contribution is 5.87. The molecule has 1 atom stereocenters. The van der Waals surface area contributed by atoms with E-state index in [1.807, 2.05) is 12.1 Å². The average Bonchev–Trinajstić information content (AvgIpc) is 3.29. The number of ether oxygens (including phenoxy) is 1. The van der Waals surface area contributed by atoms with Crippen LogP contribution in [-0.2, 0) is 6.54 Å². The highest BCUT2D eigenvalue weighted by Crippen LogP contribution is 2.38. The van der Waals surface area contributed by atoms with Crippen molar-refractivity contribution in [1.82, 2.24) is 19.7 Å². The molecule has 7 heteroatoms. The zero-order valence-corrected chi connectivity index (χ0v) is 14.2. The van der Waals surface area contributed by atoms with Crippen molar-refractivity contribution in [3.63, 3.8) is 0 Å². The van der Waals surface area contributed by atoms with Crippen molar-refractivity contribution < 1.29 is 9.84 Å². The Labute approximate surface area is 145 Å². The molecule has 0 radical (unpaired) electrons. The summed E-state index contributed by atoms with van der Waals surface area (Å²) in [4.78, 5) is 11.2. The van der Waals surface area contributed by atoms with Crippen LogP contribution in [-0.4, -0.2) is 45.1 Å². The van der Waals surface area contributed by atoms with E-state index in [1.54, 1.807) is 24.3 Å². The molecule has 1 N–H and O–H groups in total. The Hall–Kier alpha value is -2.67. The Kier molecular flexibility index (Phi) is 4.23. The van der Waals surface area contributed by atoms with E-state index in [9.17, 15) is 5.11 Å².